The second-order valence-corrected chi connectivity index (χ2v) is 8.02. The number of benzene rings is 2. The van der Waals surface area contributed by atoms with Gasteiger partial charge in [0.1, 0.15) is 6.04 Å². The first-order valence-corrected chi connectivity index (χ1v) is 10.8. The van der Waals surface area contributed by atoms with Gasteiger partial charge in [-0.05, 0) is 42.9 Å². The molecule has 2 aromatic rings. The highest BCUT2D eigenvalue weighted by Gasteiger charge is 2.30. The van der Waals surface area contributed by atoms with Crippen LogP contribution in [0.5, 0.6) is 0 Å². The van der Waals surface area contributed by atoms with Crippen LogP contribution in [0, 0.1) is 6.92 Å². The lowest BCUT2D eigenvalue weighted by atomic mass is 10.0. The standard InChI is InChI=1S/C25H32N2O2/c1-3-23(25(29)26-22-15-9-10-16-22)27(18-21-14-8-7-11-19(21)2)24(28)17-20-12-5-4-6-13-20/h4-8,11-14,22-23H,3,9-10,15-18H2,1-2H3,(H,26,29)/t23-/m1/s1. The number of amides is 2. The van der Waals surface area contributed by atoms with Crippen LogP contribution >= 0.6 is 0 Å². The quantitative estimate of drug-likeness (QED) is 0.724. The van der Waals surface area contributed by atoms with Crippen molar-refractivity contribution in [1.29, 1.82) is 0 Å². The molecule has 0 saturated heterocycles. The van der Waals surface area contributed by atoms with Crippen LogP contribution in [-0.4, -0.2) is 28.8 Å². The highest BCUT2D eigenvalue weighted by molar-refractivity contribution is 5.88. The molecule has 0 aliphatic heterocycles. The molecule has 0 heterocycles. The fourth-order valence-electron chi connectivity index (χ4n) is 4.13. The van der Waals surface area contributed by atoms with E-state index in [2.05, 4.69) is 18.3 Å². The van der Waals surface area contributed by atoms with Crippen LogP contribution in [-0.2, 0) is 22.6 Å². The summed E-state index contributed by atoms with van der Waals surface area (Å²) in [6, 6.07) is 17.6. The van der Waals surface area contributed by atoms with Gasteiger partial charge >= 0.3 is 0 Å². The fourth-order valence-corrected chi connectivity index (χ4v) is 4.13. The van der Waals surface area contributed by atoms with Crippen molar-refractivity contribution in [3.05, 3.63) is 71.3 Å². The molecule has 1 aliphatic rings. The van der Waals surface area contributed by atoms with Gasteiger partial charge in [-0.15, -0.1) is 0 Å². The first-order chi connectivity index (χ1) is 14.1. The fraction of sp³-hybridized carbons (Fsp3) is 0.440. The van der Waals surface area contributed by atoms with Gasteiger partial charge in [-0.25, -0.2) is 0 Å². The highest BCUT2D eigenvalue weighted by atomic mass is 16.2. The lowest BCUT2D eigenvalue weighted by Gasteiger charge is -2.32. The summed E-state index contributed by atoms with van der Waals surface area (Å²) in [4.78, 5) is 28.2. The molecule has 1 saturated carbocycles. The lowest BCUT2D eigenvalue weighted by molar-refractivity contribution is -0.141. The molecule has 154 valence electrons. The normalized spacial score (nSPS) is 15.1. The number of hydrogen-bond acceptors (Lipinski definition) is 2. The minimum Gasteiger partial charge on any atom is -0.352 e. The predicted octanol–water partition coefficient (Wildman–Crippen LogP) is 4.40. The van der Waals surface area contributed by atoms with Gasteiger partial charge in [-0.2, -0.15) is 0 Å². The summed E-state index contributed by atoms with van der Waals surface area (Å²) in [7, 11) is 0. The molecule has 0 radical (unpaired) electrons. The van der Waals surface area contributed by atoms with Crippen molar-refractivity contribution in [1.82, 2.24) is 10.2 Å². The van der Waals surface area contributed by atoms with E-state index in [1.807, 2.05) is 55.5 Å². The largest absolute Gasteiger partial charge is 0.352 e. The van der Waals surface area contributed by atoms with E-state index in [-0.39, 0.29) is 17.9 Å². The molecule has 0 aromatic heterocycles. The molecule has 1 aliphatic carbocycles. The van der Waals surface area contributed by atoms with Crippen LogP contribution in [0.2, 0.25) is 0 Å². The molecular weight excluding hydrogens is 360 g/mol. The van der Waals surface area contributed by atoms with Gasteiger partial charge in [0.15, 0.2) is 0 Å². The van der Waals surface area contributed by atoms with Crippen LogP contribution in [0.4, 0.5) is 0 Å². The van der Waals surface area contributed by atoms with Gasteiger partial charge in [0.25, 0.3) is 0 Å². The first-order valence-electron chi connectivity index (χ1n) is 10.8. The number of carbonyl (C=O) groups excluding carboxylic acids is 2. The summed E-state index contributed by atoms with van der Waals surface area (Å²) in [5.74, 6) is -0.0257. The molecular formula is C25H32N2O2. The molecule has 1 atom stereocenters. The molecule has 4 heteroatoms. The molecule has 0 spiro atoms. The van der Waals surface area contributed by atoms with E-state index in [0.717, 1.165) is 29.5 Å². The van der Waals surface area contributed by atoms with Crippen molar-refractivity contribution in [3.63, 3.8) is 0 Å². The topological polar surface area (TPSA) is 49.4 Å². The van der Waals surface area contributed by atoms with Gasteiger partial charge in [0.05, 0.1) is 6.42 Å². The van der Waals surface area contributed by atoms with Crippen molar-refractivity contribution in [2.45, 2.75) is 71.0 Å². The van der Waals surface area contributed by atoms with E-state index in [0.29, 0.717) is 19.4 Å². The van der Waals surface area contributed by atoms with Crippen LogP contribution in [0.25, 0.3) is 0 Å². The average molecular weight is 393 g/mol. The third-order valence-corrected chi connectivity index (χ3v) is 5.89. The number of nitrogens with zero attached hydrogens (tertiary/aromatic N) is 1. The Morgan fingerprint density at radius 3 is 2.34 bits per heavy atom. The predicted molar refractivity (Wildman–Crippen MR) is 116 cm³/mol. The van der Waals surface area contributed by atoms with Gasteiger partial charge in [0, 0.05) is 12.6 Å². The summed E-state index contributed by atoms with van der Waals surface area (Å²) in [5.41, 5.74) is 3.19. The van der Waals surface area contributed by atoms with E-state index in [9.17, 15) is 9.59 Å². The summed E-state index contributed by atoms with van der Waals surface area (Å²) in [6.45, 7) is 4.49. The van der Waals surface area contributed by atoms with Crippen molar-refractivity contribution in [2.24, 2.45) is 0 Å². The van der Waals surface area contributed by atoms with E-state index in [1.165, 1.54) is 12.8 Å². The number of hydrogen-bond donors (Lipinski definition) is 1. The van der Waals surface area contributed by atoms with Gasteiger partial charge in [-0.3, -0.25) is 9.59 Å². The zero-order valence-corrected chi connectivity index (χ0v) is 17.6. The Hall–Kier alpha value is -2.62. The minimum atomic E-state index is -0.452. The summed E-state index contributed by atoms with van der Waals surface area (Å²) >= 11 is 0. The molecule has 0 unspecified atom stereocenters. The molecule has 0 bridgehead atoms. The van der Waals surface area contributed by atoms with Crippen LogP contribution < -0.4 is 5.32 Å². The Labute approximate surface area is 174 Å². The summed E-state index contributed by atoms with van der Waals surface area (Å²) in [6.07, 6.45) is 5.32. The maximum absolute atomic E-state index is 13.3. The zero-order chi connectivity index (χ0) is 20.6. The Kier molecular flexibility index (Phi) is 7.45. The Morgan fingerprint density at radius 1 is 1.03 bits per heavy atom. The number of rotatable bonds is 8. The van der Waals surface area contributed by atoms with Crippen LogP contribution in [0.15, 0.2) is 54.6 Å². The van der Waals surface area contributed by atoms with Crippen molar-refractivity contribution < 1.29 is 9.59 Å². The Balaban J connectivity index is 1.82. The SMILES string of the molecule is CC[C@H](C(=O)NC1CCCC1)N(Cc1ccccc1C)C(=O)Cc1ccccc1. The van der Waals surface area contributed by atoms with Crippen molar-refractivity contribution in [2.75, 3.05) is 0 Å². The number of aryl methyl sites for hydroxylation is 1. The Morgan fingerprint density at radius 2 is 1.69 bits per heavy atom. The summed E-state index contributed by atoms with van der Waals surface area (Å²) < 4.78 is 0. The van der Waals surface area contributed by atoms with E-state index in [4.69, 9.17) is 0 Å². The monoisotopic (exact) mass is 392 g/mol. The molecule has 3 rings (SSSR count). The van der Waals surface area contributed by atoms with Gasteiger partial charge < -0.3 is 10.2 Å². The third-order valence-electron chi connectivity index (χ3n) is 5.89. The second-order valence-electron chi connectivity index (χ2n) is 8.02. The Bertz CT molecular complexity index is 813. The maximum atomic E-state index is 13.3. The smallest absolute Gasteiger partial charge is 0.243 e. The zero-order valence-electron chi connectivity index (χ0n) is 17.6. The van der Waals surface area contributed by atoms with Gasteiger partial charge in [0.2, 0.25) is 11.8 Å². The second kappa shape index (κ2) is 10.2. The van der Waals surface area contributed by atoms with E-state index < -0.39 is 6.04 Å². The number of nitrogens with one attached hydrogen (secondary N) is 1. The third kappa shape index (κ3) is 5.69. The maximum Gasteiger partial charge on any atom is 0.243 e. The summed E-state index contributed by atoms with van der Waals surface area (Å²) in [5, 5.41) is 3.20. The molecule has 4 nitrogen and oxygen atoms in total. The first kappa shape index (κ1) is 21.1. The molecule has 2 amide bonds. The molecule has 2 aromatic carbocycles. The van der Waals surface area contributed by atoms with Crippen molar-refractivity contribution >= 4 is 11.8 Å². The lowest BCUT2D eigenvalue weighted by Crippen LogP contribution is -2.51. The average Bonchev–Trinajstić information content (AvgIpc) is 3.23. The minimum absolute atomic E-state index is 0.00660. The number of carbonyl (C=O) groups is 2. The van der Waals surface area contributed by atoms with Crippen LogP contribution in [0.3, 0.4) is 0 Å². The van der Waals surface area contributed by atoms with Gasteiger partial charge in [-0.1, -0.05) is 74.4 Å². The molecule has 1 N–H and O–H groups in total. The van der Waals surface area contributed by atoms with Crippen molar-refractivity contribution in [3.8, 4) is 0 Å². The highest BCUT2D eigenvalue weighted by Crippen LogP contribution is 2.20. The van der Waals surface area contributed by atoms with E-state index in [1.54, 1.807) is 4.90 Å². The molecule has 1 fully saturated rings. The van der Waals surface area contributed by atoms with E-state index >= 15 is 0 Å². The molecule has 29 heavy (non-hydrogen) atoms. The van der Waals surface area contributed by atoms with Crippen LogP contribution in [0.1, 0.15) is 55.7 Å².